The van der Waals surface area contributed by atoms with Gasteiger partial charge in [0.15, 0.2) is 6.61 Å². The molecule has 0 saturated carbocycles. The van der Waals surface area contributed by atoms with Crippen molar-refractivity contribution in [1.82, 2.24) is 10.2 Å². The van der Waals surface area contributed by atoms with Crippen LogP contribution in [0.25, 0.3) is 0 Å². The van der Waals surface area contributed by atoms with Gasteiger partial charge in [-0.15, -0.1) is 0 Å². The van der Waals surface area contributed by atoms with Crippen molar-refractivity contribution in [3.05, 3.63) is 95.0 Å². The van der Waals surface area contributed by atoms with Gasteiger partial charge in [-0.3, -0.25) is 9.59 Å². The molecular weight excluding hydrogens is 476 g/mol. The first-order valence-corrected chi connectivity index (χ1v) is 12.4. The van der Waals surface area contributed by atoms with Gasteiger partial charge in [0.05, 0.1) is 7.11 Å². The number of nitrogens with zero attached hydrogens (tertiary/aromatic N) is 1. The molecule has 3 aromatic carbocycles. The minimum absolute atomic E-state index is 0.0150. The summed E-state index contributed by atoms with van der Waals surface area (Å²) in [7, 11) is 1.59. The highest BCUT2D eigenvalue weighted by Crippen LogP contribution is 2.19. The van der Waals surface area contributed by atoms with Crippen molar-refractivity contribution in [3.8, 4) is 11.5 Å². The minimum atomic E-state index is -0.718. The molecule has 0 aliphatic carbocycles. The van der Waals surface area contributed by atoms with E-state index in [0.29, 0.717) is 22.9 Å². The van der Waals surface area contributed by atoms with Gasteiger partial charge in [-0.1, -0.05) is 61.0 Å². The third-order valence-electron chi connectivity index (χ3n) is 5.96. The van der Waals surface area contributed by atoms with Crippen molar-refractivity contribution in [2.45, 2.75) is 45.3 Å². The lowest BCUT2D eigenvalue weighted by atomic mass is 10.0. The zero-order valence-corrected chi connectivity index (χ0v) is 21.7. The monoisotopic (exact) mass is 508 g/mol. The predicted molar refractivity (Wildman–Crippen MR) is 142 cm³/mol. The van der Waals surface area contributed by atoms with Crippen molar-refractivity contribution in [1.29, 1.82) is 0 Å². The largest absolute Gasteiger partial charge is 0.497 e. The highest BCUT2D eigenvalue weighted by Gasteiger charge is 2.31. The molecule has 0 fully saturated rings. The van der Waals surface area contributed by atoms with Crippen molar-refractivity contribution in [2.75, 3.05) is 13.7 Å². The van der Waals surface area contributed by atoms with Crippen molar-refractivity contribution in [2.24, 2.45) is 0 Å². The predicted octanol–water partition coefficient (Wildman–Crippen LogP) is 5.28. The second kappa shape index (κ2) is 13.5. The molecule has 1 N–H and O–H groups in total. The zero-order valence-electron chi connectivity index (χ0n) is 20.9. The fourth-order valence-corrected chi connectivity index (χ4v) is 3.81. The Labute approximate surface area is 218 Å². The summed E-state index contributed by atoms with van der Waals surface area (Å²) in [6.07, 6.45) is 1.17. The summed E-state index contributed by atoms with van der Waals surface area (Å²) in [5.74, 6) is 0.753. The van der Waals surface area contributed by atoms with E-state index < -0.39 is 6.04 Å². The Bertz CT molecular complexity index is 1100. The quantitative estimate of drug-likeness (QED) is 0.361. The molecule has 0 bridgehead atoms. The van der Waals surface area contributed by atoms with Gasteiger partial charge in [0, 0.05) is 24.0 Å². The normalized spacial score (nSPS) is 12.3. The number of benzene rings is 3. The van der Waals surface area contributed by atoms with Crippen LogP contribution in [0, 0.1) is 0 Å². The molecule has 7 heteroatoms. The maximum Gasteiger partial charge on any atom is 0.261 e. The fraction of sp³-hybridized carbons (Fsp3) is 0.310. The van der Waals surface area contributed by atoms with Gasteiger partial charge < -0.3 is 19.7 Å². The zero-order chi connectivity index (χ0) is 25.9. The number of amides is 2. The first kappa shape index (κ1) is 27.1. The first-order chi connectivity index (χ1) is 17.4. The smallest absolute Gasteiger partial charge is 0.261 e. The Hall–Kier alpha value is -3.51. The van der Waals surface area contributed by atoms with Crippen LogP contribution in [-0.4, -0.2) is 42.5 Å². The topological polar surface area (TPSA) is 67.9 Å². The molecule has 2 amide bonds. The SMILES string of the molecule is CC[C@@H](C)NC(=O)[C@@H](Cc1ccccc1)N(Cc1ccc(Cl)cc1)C(=O)COc1ccc(OC)cc1. The van der Waals surface area contributed by atoms with Gasteiger partial charge in [0.1, 0.15) is 17.5 Å². The van der Waals surface area contributed by atoms with Crippen LogP contribution < -0.4 is 14.8 Å². The average molecular weight is 509 g/mol. The first-order valence-electron chi connectivity index (χ1n) is 12.0. The maximum atomic E-state index is 13.6. The van der Waals surface area contributed by atoms with Gasteiger partial charge in [0.25, 0.3) is 5.91 Å². The van der Waals surface area contributed by atoms with Gasteiger partial charge in [-0.2, -0.15) is 0 Å². The van der Waals surface area contributed by atoms with E-state index >= 15 is 0 Å². The molecular formula is C29H33ClN2O4. The Morgan fingerprint density at radius 1 is 0.917 bits per heavy atom. The van der Waals surface area contributed by atoms with Crippen molar-refractivity contribution < 1.29 is 19.1 Å². The summed E-state index contributed by atoms with van der Waals surface area (Å²) in [5, 5.41) is 3.66. The maximum absolute atomic E-state index is 13.6. The van der Waals surface area contributed by atoms with Crippen LogP contribution in [0.5, 0.6) is 11.5 Å². The molecule has 0 aliphatic rings. The van der Waals surface area contributed by atoms with E-state index in [1.807, 2.05) is 56.3 Å². The molecule has 190 valence electrons. The molecule has 2 atom stereocenters. The molecule has 0 spiro atoms. The minimum Gasteiger partial charge on any atom is -0.497 e. The summed E-state index contributed by atoms with van der Waals surface area (Å²) in [6, 6.07) is 23.3. The Morgan fingerprint density at radius 3 is 2.17 bits per heavy atom. The summed E-state index contributed by atoms with van der Waals surface area (Å²) >= 11 is 6.07. The molecule has 0 aromatic heterocycles. The summed E-state index contributed by atoms with van der Waals surface area (Å²) in [6.45, 7) is 4.00. The lowest BCUT2D eigenvalue weighted by Crippen LogP contribution is -2.53. The van der Waals surface area contributed by atoms with Crippen LogP contribution in [0.2, 0.25) is 5.02 Å². The van der Waals surface area contributed by atoms with E-state index in [1.54, 1.807) is 48.4 Å². The number of hydrogen-bond acceptors (Lipinski definition) is 4. The number of rotatable bonds is 12. The summed E-state index contributed by atoms with van der Waals surface area (Å²) in [5.41, 5.74) is 1.83. The molecule has 0 heterocycles. The average Bonchev–Trinajstić information content (AvgIpc) is 2.91. The van der Waals surface area contributed by atoms with E-state index in [1.165, 1.54) is 0 Å². The lowest BCUT2D eigenvalue weighted by molar-refractivity contribution is -0.143. The third-order valence-corrected chi connectivity index (χ3v) is 6.21. The molecule has 3 aromatic rings. The lowest BCUT2D eigenvalue weighted by Gasteiger charge is -2.32. The Balaban J connectivity index is 1.88. The molecule has 6 nitrogen and oxygen atoms in total. The summed E-state index contributed by atoms with van der Waals surface area (Å²) in [4.78, 5) is 28.6. The van der Waals surface area contributed by atoms with Gasteiger partial charge in [-0.25, -0.2) is 0 Å². The van der Waals surface area contributed by atoms with E-state index in [-0.39, 0.29) is 31.0 Å². The van der Waals surface area contributed by atoms with Crippen LogP contribution >= 0.6 is 11.6 Å². The number of carbonyl (C=O) groups is 2. The number of halogens is 1. The van der Waals surface area contributed by atoms with Gasteiger partial charge in [-0.05, 0) is 60.9 Å². The standard InChI is InChI=1S/C29H33ClN2O4/c1-4-21(2)31-29(34)27(18-22-8-6-5-7-9-22)32(19-23-10-12-24(30)13-11-23)28(33)20-36-26-16-14-25(35-3)15-17-26/h5-17,21,27H,4,18-20H2,1-3H3,(H,31,34)/t21-,27-/m1/s1. The molecule has 3 rings (SSSR count). The van der Waals surface area contributed by atoms with Gasteiger partial charge >= 0.3 is 0 Å². The number of carbonyl (C=O) groups excluding carboxylic acids is 2. The van der Waals surface area contributed by atoms with E-state index in [2.05, 4.69) is 5.32 Å². The number of methoxy groups -OCH3 is 1. The van der Waals surface area contributed by atoms with E-state index in [4.69, 9.17) is 21.1 Å². The number of hydrogen-bond donors (Lipinski definition) is 1. The molecule has 0 saturated heterocycles. The Morgan fingerprint density at radius 2 is 1.56 bits per heavy atom. The van der Waals surface area contributed by atoms with Crippen molar-refractivity contribution in [3.63, 3.8) is 0 Å². The van der Waals surface area contributed by atoms with Crippen LogP contribution in [0.1, 0.15) is 31.4 Å². The van der Waals surface area contributed by atoms with E-state index in [9.17, 15) is 9.59 Å². The summed E-state index contributed by atoms with van der Waals surface area (Å²) < 4.78 is 11.0. The molecule has 0 aliphatic heterocycles. The highest BCUT2D eigenvalue weighted by atomic mass is 35.5. The molecule has 0 unspecified atom stereocenters. The fourth-order valence-electron chi connectivity index (χ4n) is 3.68. The second-order valence-corrected chi connectivity index (χ2v) is 9.07. The van der Waals surface area contributed by atoms with Crippen molar-refractivity contribution >= 4 is 23.4 Å². The van der Waals surface area contributed by atoms with Crippen LogP contribution in [0.15, 0.2) is 78.9 Å². The van der Waals surface area contributed by atoms with E-state index in [0.717, 1.165) is 17.5 Å². The third kappa shape index (κ3) is 8.02. The number of nitrogens with one attached hydrogen (secondary N) is 1. The van der Waals surface area contributed by atoms with Gasteiger partial charge in [0.2, 0.25) is 5.91 Å². The second-order valence-electron chi connectivity index (χ2n) is 8.64. The Kier molecular flexibility index (Phi) is 10.2. The van der Waals surface area contributed by atoms with Crippen LogP contribution in [-0.2, 0) is 22.6 Å². The van der Waals surface area contributed by atoms with Crippen LogP contribution in [0.4, 0.5) is 0 Å². The van der Waals surface area contributed by atoms with Crippen LogP contribution in [0.3, 0.4) is 0 Å². The molecule has 36 heavy (non-hydrogen) atoms. The highest BCUT2D eigenvalue weighted by molar-refractivity contribution is 6.30. The molecule has 0 radical (unpaired) electrons. The number of ether oxygens (including phenoxy) is 2.